The van der Waals surface area contributed by atoms with Crippen LogP contribution in [0.25, 0.3) is 10.9 Å². The average Bonchev–Trinajstić information content (AvgIpc) is 3.49. The third kappa shape index (κ3) is 3.30. The van der Waals surface area contributed by atoms with Crippen LogP contribution in [0.3, 0.4) is 0 Å². The zero-order chi connectivity index (χ0) is 26.4. The number of aliphatic carboxylic acids is 1. The van der Waals surface area contributed by atoms with Crippen LogP contribution in [-0.4, -0.2) is 56.1 Å². The molecule has 1 aromatic heterocycles. The first-order valence-corrected chi connectivity index (χ1v) is 12.1. The zero-order valence-electron chi connectivity index (χ0n) is 19.1. The number of nitrogens with zero attached hydrogens (tertiary/aromatic N) is 3. The summed E-state index contributed by atoms with van der Waals surface area (Å²) < 4.78 is 31.3. The number of amides is 2. The molecule has 3 N–H and O–H groups in total. The van der Waals surface area contributed by atoms with Crippen LogP contribution in [0.15, 0.2) is 36.5 Å². The van der Waals surface area contributed by atoms with Crippen LogP contribution in [0.4, 0.5) is 20.2 Å². The number of carboxylic acid groups (broad SMARTS) is 1. The predicted octanol–water partition coefficient (Wildman–Crippen LogP) is 3.71. The van der Waals surface area contributed by atoms with Crippen molar-refractivity contribution in [2.75, 3.05) is 17.2 Å². The summed E-state index contributed by atoms with van der Waals surface area (Å²) in [5.41, 5.74) is -0.794. The molecule has 4 heterocycles. The monoisotopic (exact) mass is 549 g/mol. The van der Waals surface area contributed by atoms with Gasteiger partial charge in [0.25, 0.3) is 11.8 Å². The highest BCUT2D eigenvalue weighted by Gasteiger charge is 2.74. The first-order valence-electron chi connectivity index (χ1n) is 11.3. The molecule has 1 spiro atoms. The second-order valence-corrected chi connectivity index (χ2v) is 10.5. The van der Waals surface area contributed by atoms with E-state index < -0.39 is 60.1 Å². The molecule has 2 fully saturated rings. The molecule has 3 aromatic rings. The molecule has 9 nitrogen and oxygen atoms in total. The van der Waals surface area contributed by atoms with Crippen molar-refractivity contribution in [3.8, 4) is 0 Å². The topological polar surface area (TPSA) is 117 Å². The number of alkyl halides is 2. The Balaban J connectivity index is 1.49. The van der Waals surface area contributed by atoms with E-state index in [1.165, 1.54) is 12.1 Å². The number of aryl methyl sites for hydroxylation is 1. The van der Waals surface area contributed by atoms with Gasteiger partial charge in [-0.25, -0.2) is 8.78 Å². The summed E-state index contributed by atoms with van der Waals surface area (Å²) in [5, 5.41) is 20.6. The van der Waals surface area contributed by atoms with Crippen molar-refractivity contribution >= 4 is 63.3 Å². The molecule has 3 aliphatic heterocycles. The summed E-state index contributed by atoms with van der Waals surface area (Å²) in [4.78, 5) is 41.1. The Morgan fingerprint density at radius 3 is 2.73 bits per heavy atom. The Kier molecular flexibility index (Phi) is 5.11. The average molecular weight is 550 g/mol. The molecular formula is C24H19Cl2F2N5O4. The minimum absolute atomic E-state index is 0.0389. The number of rotatable bonds is 3. The Labute approximate surface area is 218 Å². The van der Waals surface area contributed by atoms with Gasteiger partial charge in [-0.2, -0.15) is 5.10 Å². The van der Waals surface area contributed by atoms with Crippen LogP contribution in [0.2, 0.25) is 10.0 Å². The maximum Gasteiger partial charge on any atom is 0.310 e. The third-order valence-corrected chi connectivity index (χ3v) is 8.14. The number of nitrogens with one attached hydrogen (secondary N) is 2. The molecule has 0 bridgehead atoms. The highest BCUT2D eigenvalue weighted by molar-refractivity contribution is 6.38. The Hall–Kier alpha value is -3.28. The maximum absolute atomic E-state index is 14.8. The van der Waals surface area contributed by atoms with Crippen LogP contribution in [0.1, 0.15) is 12.0 Å². The molecule has 0 radical (unpaired) electrons. The Morgan fingerprint density at radius 1 is 1.24 bits per heavy atom. The largest absolute Gasteiger partial charge is 0.481 e. The summed E-state index contributed by atoms with van der Waals surface area (Å²) in [6, 6.07) is 6.47. The van der Waals surface area contributed by atoms with Crippen LogP contribution < -0.4 is 10.6 Å². The highest BCUT2D eigenvalue weighted by atomic mass is 35.5. The molecule has 192 valence electrons. The number of anilines is 2. The maximum atomic E-state index is 14.8. The minimum atomic E-state index is -3.25. The normalized spacial score (nSPS) is 27.9. The van der Waals surface area contributed by atoms with E-state index in [0.29, 0.717) is 5.69 Å². The van der Waals surface area contributed by atoms with Gasteiger partial charge in [0.15, 0.2) is 0 Å². The van der Waals surface area contributed by atoms with Crippen molar-refractivity contribution in [1.29, 1.82) is 0 Å². The molecule has 3 aliphatic rings. The van der Waals surface area contributed by atoms with E-state index in [4.69, 9.17) is 23.2 Å². The second kappa shape index (κ2) is 7.86. The van der Waals surface area contributed by atoms with Crippen molar-refractivity contribution in [2.45, 2.75) is 23.9 Å². The first-order chi connectivity index (χ1) is 17.4. The molecule has 37 heavy (non-hydrogen) atoms. The van der Waals surface area contributed by atoms with Crippen LogP contribution in [0.5, 0.6) is 0 Å². The molecule has 1 unspecified atom stereocenters. The van der Waals surface area contributed by atoms with Gasteiger partial charge in [-0.3, -0.25) is 24.0 Å². The van der Waals surface area contributed by atoms with Gasteiger partial charge < -0.3 is 15.7 Å². The fourth-order valence-electron chi connectivity index (χ4n) is 6.27. The summed E-state index contributed by atoms with van der Waals surface area (Å²) in [6.45, 7) is -0.899. The molecule has 2 amide bonds. The summed E-state index contributed by atoms with van der Waals surface area (Å²) in [6.07, 6.45) is 0.817. The lowest BCUT2D eigenvalue weighted by Crippen LogP contribution is -2.54. The molecular weight excluding hydrogens is 531 g/mol. The van der Waals surface area contributed by atoms with E-state index in [9.17, 15) is 28.3 Å². The predicted molar refractivity (Wildman–Crippen MR) is 131 cm³/mol. The number of halogens is 4. The van der Waals surface area contributed by atoms with Gasteiger partial charge in [-0.05, 0) is 30.3 Å². The van der Waals surface area contributed by atoms with Gasteiger partial charge in [0, 0.05) is 41.2 Å². The van der Waals surface area contributed by atoms with E-state index in [-0.39, 0.29) is 21.3 Å². The Bertz CT molecular complexity index is 1530. The van der Waals surface area contributed by atoms with Crippen molar-refractivity contribution in [3.63, 3.8) is 0 Å². The SMILES string of the molecule is Cn1ncc2cc(NC(=O)[C@@H]3C(C(=O)O)[C@@]4(C(=O)Nc5c(Cl)cc(Cl)cc54)N4CC(F)(F)C[C@H]34)ccc21. The zero-order valence-corrected chi connectivity index (χ0v) is 20.6. The smallest absolute Gasteiger partial charge is 0.310 e. The molecule has 2 saturated heterocycles. The van der Waals surface area contributed by atoms with E-state index in [0.717, 1.165) is 15.8 Å². The molecule has 4 atom stereocenters. The van der Waals surface area contributed by atoms with Crippen molar-refractivity contribution in [3.05, 3.63) is 52.1 Å². The first kappa shape index (κ1) is 24.1. The van der Waals surface area contributed by atoms with Gasteiger partial charge in [-0.15, -0.1) is 0 Å². The van der Waals surface area contributed by atoms with Gasteiger partial charge in [-0.1, -0.05) is 23.2 Å². The number of hydrogen-bond acceptors (Lipinski definition) is 5. The fourth-order valence-corrected chi connectivity index (χ4v) is 6.81. The van der Waals surface area contributed by atoms with E-state index in [1.54, 1.807) is 36.1 Å². The number of fused-ring (bicyclic) bond motifs is 5. The van der Waals surface area contributed by atoms with Gasteiger partial charge in [0.2, 0.25) is 5.91 Å². The van der Waals surface area contributed by atoms with E-state index >= 15 is 0 Å². The van der Waals surface area contributed by atoms with Crippen molar-refractivity contribution in [1.82, 2.24) is 14.7 Å². The van der Waals surface area contributed by atoms with Crippen LogP contribution >= 0.6 is 23.2 Å². The summed E-state index contributed by atoms with van der Waals surface area (Å²) in [7, 11) is 1.76. The number of carboxylic acids is 1. The van der Waals surface area contributed by atoms with Gasteiger partial charge >= 0.3 is 5.97 Å². The summed E-state index contributed by atoms with van der Waals surface area (Å²) >= 11 is 12.5. The number of aromatic nitrogens is 2. The number of benzene rings is 2. The lowest BCUT2D eigenvalue weighted by molar-refractivity contribution is -0.153. The Morgan fingerprint density at radius 2 is 2.00 bits per heavy atom. The highest BCUT2D eigenvalue weighted by Crippen LogP contribution is 2.61. The van der Waals surface area contributed by atoms with Crippen LogP contribution in [0, 0.1) is 11.8 Å². The van der Waals surface area contributed by atoms with Crippen molar-refractivity contribution < 1.29 is 28.3 Å². The second-order valence-electron chi connectivity index (χ2n) is 9.66. The van der Waals surface area contributed by atoms with Gasteiger partial charge in [0.1, 0.15) is 11.5 Å². The minimum Gasteiger partial charge on any atom is -0.481 e. The lowest BCUT2D eigenvalue weighted by Gasteiger charge is -2.35. The van der Waals surface area contributed by atoms with Gasteiger partial charge in [0.05, 0.1) is 34.9 Å². The van der Waals surface area contributed by atoms with E-state index in [1.807, 2.05) is 0 Å². The fraction of sp³-hybridized carbons (Fsp3) is 0.333. The van der Waals surface area contributed by atoms with Crippen LogP contribution in [-0.2, 0) is 27.0 Å². The lowest BCUT2D eigenvalue weighted by atomic mass is 9.73. The molecule has 0 aliphatic carbocycles. The molecule has 6 rings (SSSR count). The number of hydrogen-bond donors (Lipinski definition) is 3. The standard InChI is InChI=1S/C24H19Cl2F2N5O4/c1-32-15-3-2-12(4-10(15)8-29-32)30-20(34)17-16-7-23(27,28)9-33(16)24(18(17)21(35)36)13-5-11(25)6-14(26)19(13)31-22(24)37/h2-6,8,16-18H,7,9H2,1H3,(H,30,34)(H,31,37)(H,35,36)/t16-,17+,18?,24+/m1/s1. The molecule has 0 saturated carbocycles. The van der Waals surface area contributed by atoms with E-state index in [2.05, 4.69) is 15.7 Å². The third-order valence-electron chi connectivity index (χ3n) is 7.62. The quantitative estimate of drug-likeness (QED) is 0.458. The molecule has 2 aromatic carbocycles. The number of carbonyl (C=O) groups is 3. The molecule has 13 heteroatoms. The summed E-state index contributed by atoms with van der Waals surface area (Å²) in [5.74, 6) is -9.51. The van der Waals surface area contributed by atoms with Crippen molar-refractivity contribution in [2.24, 2.45) is 18.9 Å². The number of carbonyl (C=O) groups excluding carboxylic acids is 2.